The van der Waals surface area contributed by atoms with Gasteiger partial charge in [-0.2, -0.15) is 0 Å². The van der Waals surface area contributed by atoms with Gasteiger partial charge in [0.2, 0.25) is 6.36 Å². The summed E-state index contributed by atoms with van der Waals surface area (Å²) in [6.07, 6.45) is -5.11. The number of hydrogen-bond acceptors (Lipinski definition) is 5. The maximum Gasteiger partial charge on any atom is 0.303 e. The Kier molecular flexibility index (Phi) is 5.05. The van der Waals surface area contributed by atoms with Crippen LogP contribution in [0.4, 0.5) is 4.39 Å². The van der Waals surface area contributed by atoms with Gasteiger partial charge in [0.05, 0.1) is 13.2 Å². The lowest BCUT2D eigenvalue weighted by Gasteiger charge is -2.36. The number of rotatable bonds is 4. The quantitative estimate of drug-likeness (QED) is 0.841. The molecule has 1 aliphatic heterocycles. The summed E-state index contributed by atoms with van der Waals surface area (Å²) in [4.78, 5) is 11.0. The number of carbonyl (C=O) groups is 1. The van der Waals surface area contributed by atoms with Crippen LogP contribution in [-0.4, -0.2) is 42.4 Å². The topological polar surface area (TPSA) is 65.0 Å². The lowest BCUT2D eigenvalue weighted by atomic mass is 10.1. The Bertz CT molecular complexity index is 438. The Hall–Kier alpha value is -1.50. The summed E-state index contributed by atoms with van der Waals surface area (Å²) < 4.78 is 28.6. The van der Waals surface area contributed by atoms with Gasteiger partial charge in [-0.15, -0.1) is 0 Å². The van der Waals surface area contributed by atoms with E-state index in [1.54, 1.807) is 0 Å². The second-order valence-electron chi connectivity index (χ2n) is 4.58. The molecule has 4 atom stereocenters. The van der Waals surface area contributed by atoms with Crippen molar-refractivity contribution in [1.82, 2.24) is 0 Å². The highest BCUT2D eigenvalue weighted by Gasteiger charge is 2.42. The third-order valence-corrected chi connectivity index (χ3v) is 2.99. The maximum absolute atomic E-state index is 13.4. The van der Waals surface area contributed by atoms with Crippen LogP contribution in [0.2, 0.25) is 0 Å². The molecule has 1 N–H and O–H groups in total. The van der Waals surface area contributed by atoms with Crippen molar-refractivity contribution in [3.05, 3.63) is 35.9 Å². The van der Waals surface area contributed by atoms with Crippen LogP contribution in [0.3, 0.4) is 0 Å². The van der Waals surface area contributed by atoms with Crippen molar-refractivity contribution < 1.29 is 28.5 Å². The van der Waals surface area contributed by atoms with Gasteiger partial charge >= 0.3 is 5.97 Å². The second-order valence-corrected chi connectivity index (χ2v) is 4.58. The minimum Gasteiger partial charge on any atom is -0.457 e. The minimum absolute atomic E-state index is 0.142. The zero-order valence-corrected chi connectivity index (χ0v) is 11.1. The van der Waals surface area contributed by atoms with Crippen molar-refractivity contribution >= 4 is 5.97 Å². The van der Waals surface area contributed by atoms with Gasteiger partial charge in [0.15, 0.2) is 6.10 Å². The van der Waals surface area contributed by atoms with Crippen molar-refractivity contribution in [2.75, 3.05) is 6.61 Å². The molecule has 1 heterocycles. The van der Waals surface area contributed by atoms with E-state index in [1.165, 1.54) is 6.92 Å². The van der Waals surface area contributed by atoms with Gasteiger partial charge in [-0.1, -0.05) is 30.3 Å². The molecular formula is C14H17FO5. The Balaban J connectivity index is 2.01. The molecule has 0 amide bonds. The summed E-state index contributed by atoms with van der Waals surface area (Å²) in [5, 5.41) is 9.78. The number of hydrogen-bond donors (Lipinski definition) is 1. The van der Waals surface area contributed by atoms with E-state index in [0.717, 1.165) is 5.56 Å². The number of carbonyl (C=O) groups excluding carboxylic acids is 1. The fourth-order valence-corrected chi connectivity index (χ4v) is 2.04. The molecule has 0 radical (unpaired) electrons. The van der Waals surface area contributed by atoms with E-state index in [1.807, 2.05) is 30.3 Å². The van der Waals surface area contributed by atoms with Crippen LogP contribution < -0.4 is 0 Å². The van der Waals surface area contributed by atoms with Crippen LogP contribution in [0.1, 0.15) is 12.5 Å². The third kappa shape index (κ3) is 3.75. The van der Waals surface area contributed by atoms with Crippen LogP contribution in [-0.2, 0) is 25.6 Å². The number of esters is 1. The van der Waals surface area contributed by atoms with Gasteiger partial charge in [-0.25, -0.2) is 4.39 Å². The largest absolute Gasteiger partial charge is 0.457 e. The van der Waals surface area contributed by atoms with E-state index in [-0.39, 0.29) is 13.2 Å². The van der Waals surface area contributed by atoms with E-state index < -0.39 is 30.6 Å². The van der Waals surface area contributed by atoms with Gasteiger partial charge in [-0.3, -0.25) is 4.79 Å². The average Bonchev–Trinajstić information content (AvgIpc) is 2.43. The van der Waals surface area contributed by atoms with Gasteiger partial charge in [0.25, 0.3) is 0 Å². The Morgan fingerprint density at radius 1 is 1.45 bits per heavy atom. The molecule has 20 heavy (non-hydrogen) atoms. The molecule has 6 heteroatoms. The van der Waals surface area contributed by atoms with Gasteiger partial charge < -0.3 is 19.3 Å². The summed E-state index contributed by atoms with van der Waals surface area (Å²) in [5.74, 6) is -0.531. The van der Waals surface area contributed by atoms with Crippen molar-refractivity contribution in [2.45, 2.75) is 38.2 Å². The Morgan fingerprint density at radius 2 is 2.15 bits per heavy atom. The van der Waals surface area contributed by atoms with E-state index in [2.05, 4.69) is 0 Å². The van der Waals surface area contributed by atoms with Crippen LogP contribution in [0.5, 0.6) is 0 Å². The van der Waals surface area contributed by atoms with Gasteiger partial charge in [-0.05, 0) is 5.56 Å². The molecule has 1 aromatic carbocycles. The van der Waals surface area contributed by atoms with E-state index in [0.29, 0.717) is 0 Å². The molecule has 5 nitrogen and oxygen atoms in total. The third-order valence-electron chi connectivity index (χ3n) is 2.99. The number of ether oxygens (including phenoxy) is 3. The first-order chi connectivity index (χ1) is 9.58. The first kappa shape index (κ1) is 14.9. The Morgan fingerprint density at radius 3 is 2.80 bits per heavy atom. The van der Waals surface area contributed by atoms with Crippen molar-refractivity contribution in [3.63, 3.8) is 0 Å². The lowest BCUT2D eigenvalue weighted by molar-refractivity contribution is -0.246. The van der Waals surface area contributed by atoms with Crippen molar-refractivity contribution in [1.29, 1.82) is 0 Å². The molecular weight excluding hydrogens is 267 g/mol. The molecule has 110 valence electrons. The van der Waals surface area contributed by atoms with Crippen LogP contribution in [0, 0.1) is 0 Å². The lowest BCUT2D eigenvalue weighted by Crippen LogP contribution is -2.54. The normalized spacial score (nSPS) is 29.9. The smallest absolute Gasteiger partial charge is 0.303 e. The summed E-state index contributed by atoms with van der Waals surface area (Å²) in [6, 6.07) is 9.26. The molecule has 0 saturated carbocycles. The van der Waals surface area contributed by atoms with Crippen molar-refractivity contribution in [3.8, 4) is 0 Å². The highest BCUT2D eigenvalue weighted by molar-refractivity contribution is 5.66. The molecule has 0 aromatic heterocycles. The number of aliphatic hydroxyl groups is 1. The molecule has 0 bridgehead atoms. The number of benzene rings is 1. The minimum atomic E-state index is -1.84. The van der Waals surface area contributed by atoms with Crippen LogP contribution in [0.15, 0.2) is 30.3 Å². The highest BCUT2D eigenvalue weighted by atomic mass is 19.1. The van der Waals surface area contributed by atoms with Crippen molar-refractivity contribution in [2.24, 2.45) is 0 Å². The fourth-order valence-electron chi connectivity index (χ4n) is 2.04. The molecule has 0 unspecified atom stereocenters. The summed E-state index contributed by atoms with van der Waals surface area (Å²) in [5.41, 5.74) is 0.878. The molecule has 2 rings (SSSR count). The fraction of sp³-hybridized carbons (Fsp3) is 0.500. The summed E-state index contributed by atoms with van der Waals surface area (Å²) in [7, 11) is 0. The predicted octanol–water partition coefficient (Wildman–Crippen LogP) is 1.19. The zero-order chi connectivity index (χ0) is 14.5. The van der Waals surface area contributed by atoms with E-state index in [9.17, 15) is 14.3 Å². The summed E-state index contributed by atoms with van der Waals surface area (Å²) >= 11 is 0. The zero-order valence-electron chi connectivity index (χ0n) is 11.1. The first-order valence-electron chi connectivity index (χ1n) is 6.34. The second kappa shape index (κ2) is 6.78. The number of alkyl halides is 1. The molecule has 1 aliphatic rings. The predicted molar refractivity (Wildman–Crippen MR) is 67.4 cm³/mol. The summed E-state index contributed by atoms with van der Waals surface area (Å²) in [6.45, 7) is 1.28. The number of aliphatic hydroxyl groups excluding tert-OH is 1. The maximum atomic E-state index is 13.4. The van der Waals surface area contributed by atoms with Crippen LogP contribution in [0.25, 0.3) is 0 Å². The average molecular weight is 284 g/mol. The van der Waals surface area contributed by atoms with Gasteiger partial charge in [0.1, 0.15) is 12.2 Å². The number of halogens is 1. The monoisotopic (exact) mass is 284 g/mol. The molecule has 0 aliphatic carbocycles. The van der Waals surface area contributed by atoms with E-state index in [4.69, 9.17) is 14.2 Å². The molecule has 1 fully saturated rings. The highest BCUT2D eigenvalue weighted by Crippen LogP contribution is 2.22. The van der Waals surface area contributed by atoms with Crippen LogP contribution >= 0.6 is 0 Å². The Labute approximate surface area is 116 Å². The first-order valence-corrected chi connectivity index (χ1v) is 6.34. The molecule has 0 spiro atoms. The van der Waals surface area contributed by atoms with E-state index >= 15 is 0 Å². The standard InChI is InChI=1S/C14H17FO5/c1-9(16)20-11-8-19-14(15)12(17)13(11)18-7-10-5-3-2-4-6-10/h2-6,11-14,17H,7-8H2,1H3/t11-,12-,13+,14+/m1/s1. The SMILES string of the molecule is CC(=O)O[C@@H]1CO[C@H](F)[C@H](O)[C@H]1OCc1ccccc1. The molecule has 1 aromatic rings. The van der Waals surface area contributed by atoms with Gasteiger partial charge in [0, 0.05) is 6.92 Å². The molecule has 1 saturated heterocycles.